The van der Waals surface area contributed by atoms with E-state index in [-0.39, 0.29) is 5.12 Å². The van der Waals surface area contributed by atoms with Crippen molar-refractivity contribution in [2.45, 2.75) is 13.3 Å². The van der Waals surface area contributed by atoms with E-state index in [1.807, 2.05) is 18.2 Å². The summed E-state index contributed by atoms with van der Waals surface area (Å²) in [7, 11) is 0. The van der Waals surface area contributed by atoms with Gasteiger partial charge in [0.1, 0.15) is 0 Å². The summed E-state index contributed by atoms with van der Waals surface area (Å²) in [6.45, 7) is 1.57. The molecule has 0 aliphatic rings. The molecule has 1 aromatic carbocycles. The number of halogens is 2. The molecule has 0 aromatic heterocycles. The fourth-order valence-corrected chi connectivity index (χ4v) is 2.21. The second-order valence-corrected chi connectivity index (χ2v) is 5.25. The first-order valence-electron chi connectivity index (χ1n) is 4.85. The van der Waals surface area contributed by atoms with E-state index in [2.05, 4.69) is 0 Å². The molecule has 0 N–H and O–H groups in total. The minimum atomic E-state index is 0.143. The molecule has 0 bridgehead atoms. The Labute approximate surface area is 110 Å². The normalized spacial score (nSPS) is 10.9. The molecule has 1 nitrogen and oxygen atoms in total. The molecule has 0 aliphatic heterocycles. The molecule has 0 radical (unpaired) electrons. The third-order valence-electron chi connectivity index (χ3n) is 1.87. The van der Waals surface area contributed by atoms with Crippen LogP contribution in [0.4, 0.5) is 0 Å². The molecule has 0 aliphatic carbocycles. The lowest BCUT2D eigenvalue weighted by atomic mass is 10.2. The van der Waals surface area contributed by atoms with Crippen LogP contribution in [0.15, 0.2) is 24.3 Å². The second-order valence-electron chi connectivity index (χ2n) is 3.17. The number of thioether (sulfide) groups is 1. The van der Waals surface area contributed by atoms with E-state index < -0.39 is 0 Å². The summed E-state index contributed by atoms with van der Waals surface area (Å²) in [5.41, 5.74) is 0.832. The molecule has 0 spiro atoms. The van der Waals surface area contributed by atoms with Crippen LogP contribution in [0.25, 0.3) is 6.08 Å². The molecule has 4 heteroatoms. The minimum absolute atomic E-state index is 0.143. The van der Waals surface area contributed by atoms with Gasteiger partial charge in [0, 0.05) is 28.3 Å². The van der Waals surface area contributed by atoms with Crippen LogP contribution in [0.2, 0.25) is 10.0 Å². The van der Waals surface area contributed by atoms with Gasteiger partial charge in [-0.15, -0.1) is 0 Å². The van der Waals surface area contributed by atoms with Crippen LogP contribution in [0.5, 0.6) is 0 Å². The van der Waals surface area contributed by atoms with Gasteiger partial charge in [0.15, 0.2) is 5.12 Å². The maximum atomic E-state index is 10.7. The first kappa shape index (κ1) is 13.6. The molecule has 0 saturated heterocycles. The van der Waals surface area contributed by atoms with Crippen LogP contribution in [-0.2, 0) is 4.79 Å². The van der Waals surface area contributed by atoms with E-state index in [0.29, 0.717) is 10.0 Å². The first-order valence-corrected chi connectivity index (χ1v) is 6.59. The summed E-state index contributed by atoms with van der Waals surface area (Å²) >= 11 is 13.3. The van der Waals surface area contributed by atoms with Crippen molar-refractivity contribution in [3.63, 3.8) is 0 Å². The van der Waals surface area contributed by atoms with Crippen LogP contribution in [-0.4, -0.2) is 10.9 Å². The van der Waals surface area contributed by atoms with E-state index in [1.54, 1.807) is 19.1 Å². The Bertz CT molecular complexity index is 382. The summed E-state index contributed by atoms with van der Waals surface area (Å²) in [5, 5.41) is 1.43. The molecule has 0 atom stereocenters. The van der Waals surface area contributed by atoms with Crippen molar-refractivity contribution < 1.29 is 4.79 Å². The number of benzene rings is 1. The molecule has 16 heavy (non-hydrogen) atoms. The third-order valence-corrected chi connectivity index (χ3v) is 3.38. The van der Waals surface area contributed by atoms with Gasteiger partial charge in [-0.25, -0.2) is 0 Å². The lowest BCUT2D eigenvalue weighted by Crippen LogP contribution is -1.84. The van der Waals surface area contributed by atoms with E-state index in [0.717, 1.165) is 17.7 Å². The van der Waals surface area contributed by atoms with Gasteiger partial charge in [0.25, 0.3) is 0 Å². The lowest BCUT2D eigenvalue weighted by Gasteiger charge is -2.00. The average Bonchev–Trinajstić information content (AvgIpc) is 2.21. The van der Waals surface area contributed by atoms with Gasteiger partial charge in [0.05, 0.1) is 0 Å². The zero-order valence-electron chi connectivity index (χ0n) is 8.87. The van der Waals surface area contributed by atoms with Gasteiger partial charge < -0.3 is 0 Å². The van der Waals surface area contributed by atoms with E-state index >= 15 is 0 Å². The minimum Gasteiger partial charge on any atom is -0.288 e. The van der Waals surface area contributed by atoms with E-state index in [4.69, 9.17) is 23.2 Å². The Morgan fingerprint density at radius 1 is 1.38 bits per heavy atom. The fraction of sp³-hybridized carbons (Fsp3) is 0.250. The molecule has 1 aromatic rings. The zero-order chi connectivity index (χ0) is 12.0. The van der Waals surface area contributed by atoms with Crippen molar-refractivity contribution in [2.24, 2.45) is 0 Å². The predicted octanol–water partition coefficient (Wildman–Crippen LogP) is 4.68. The number of hydrogen-bond acceptors (Lipinski definition) is 2. The number of rotatable bonds is 4. The van der Waals surface area contributed by atoms with Gasteiger partial charge in [-0.3, -0.25) is 4.79 Å². The highest BCUT2D eigenvalue weighted by atomic mass is 35.5. The molecular formula is C12H12Cl2OS. The predicted molar refractivity (Wildman–Crippen MR) is 73.3 cm³/mol. The molecule has 0 heterocycles. The number of carbonyl (C=O) groups is 1. The summed E-state index contributed by atoms with van der Waals surface area (Å²) < 4.78 is 0. The topological polar surface area (TPSA) is 17.1 Å². The molecule has 86 valence electrons. The van der Waals surface area contributed by atoms with E-state index in [1.165, 1.54) is 11.8 Å². The van der Waals surface area contributed by atoms with Crippen molar-refractivity contribution in [1.29, 1.82) is 0 Å². The fourth-order valence-electron chi connectivity index (χ4n) is 1.14. The van der Waals surface area contributed by atoms with Crippen molar-refractivity contribution in [2.75, 3.05) is 5.75 Å². The number of carbonyl (C=O) groups excluding carboxylic acids is 1. The van der Waals surface area contributed by atoms with Crippen LogP contribution < -0.4 is 0 Å². The third kappa shape index (κ3) is 4.60. The maximum absolute atomic E-state index is 10.7. The highest BCUT2D eigenvalue weighted by Crippen LogP contribution is 2.25. The summed E-state index contributed by atoms with van der Waals surface area (Å²) in [6.07, 6.45) is 4.69. The summed E-state index contributed by atoms with van der Waals surface area (Å²) in [4.78, 5) is 10.7. The van der Waals surface area contributed by atoms with Crippen LogP contribution >= 0.6 is 35.0 Å². The average molecular weight is 275 g/mol. The molecule has 0 amide bonds. The Hall–Kier alpha value is -0.440. The summed E-state index contributed by atoms with van der Waals surface area (Å²) in [5.74, 6) is 0.786. The highest BCUT2D eigenvalue weighted by Gasteiger charge is 2.00. The largest absolute Gasteiger partial charge is 0.288 e. The van der Waals surface area contributed by atoms with E-state index in [9.17, 15) is 4.79 Å². The SMILES string of the molecule is CC(=O)SCCC=Cc1c(Cl)cccc1Cl. The Morgan fingerprint density at radius 3 is 2.56 bits per heavy atom. The van der Waals surface area contributed by atoms with Crippen molar-refractivity contribution in [1.82, 2.24) is 0 Å². The smallest absolute Gasteiger partial charge is 0.185 e. The van der Waals surface area contributed by atoms with Crippen molar-refractivity contribution in [3.05, 3.63) is 39.9 Å². The Kier molecular flexibility index (Phi) is 5.96. The first-order chi connectivity index (χ1) is 7.61. The van der Waals surface area contributed by atoms with Gasteiger partial charge in [0.2, 0.25) is 0 Å². The number of hydrogen-bond donors (Lipinski definition) is 0. The summed E-state index contributed by atoms with van der Waals surface area (Å²) in [6, 6.07) is 5.42. The quantitative estimate of drug-likeness (QED) is 0.742. The molecular weight excluding hydrogens is 263 g/mol. The van der Waals surface area contributed by atoms with Gasteiger partial charge in [-0.1, -0.05) is 53.2 Å². The molecule has 0 unspecified atom stereocenters. The highest BCUT2D eigenvalue weighted by molar-refractivity contribution is 8.13. The van der Waals surface area contributed by atoms with Crippen LogP contribution in [0.3, 0.4) is 0 Å². The molecule has 1 rings (SSSR count). The zero-order valence-corrected chi connectivity index (χ0v) is 11.2. The second kappa shape index (κ2) is 7.00. The molecule has 0 fully saturated rings. The van der Waals surface area contributed by atoms with Crippen molar-refractivity contribution >= 4 is 46.2 Å². The van der Waals surface area contributed by atoms with Gasteiger partial charge in [-0.2, -0.15) is 0 Å². The maximum Gasteiger partial charge on any atom is 0.185 e. The Morgan fingerprint density at radius 2 is 2.00 bits per heavy atom. The van der Waals surface area contributed by atoms with Crippen molar-refractivity contribution in [3.8, 4) is 0 Å². The monoisotopic (exact) mass is 274 g/mol. The Balaban J connectivity index is 2.53. The van der Waals surface area contributed by atoms with Crippen LogP contribution in [0, 0.1) is 0 Å². The van der Waals surface area contributed by atoms with Gasteiger partial charge >= 0.3 is 0 Å². The van der Waals surface area contributed by atoms with Gasteiger partial charge in [-0.05, 0) is 18.6 Å². The number of allylic oxidation sites excluding steroid dienone is 1. The molecule has 0 saturated carbocycles. The standard InChI is InChI=1S/C12H12Cl2OS/c1-9(15)16-8-3-2-5-10-11(13)6-4-7-12(10)14/h2,4-7H,3,8H2,1H3. The van der Waals surface area contributed by atoms with Crippen LogP contribution in [0.1, 0.15) is 18.9 Å². The lowest BCUT2D eigenvalue weighted by molar-refractivity contribution is -0.109.